The molecule has 1 N–H and O–H groups in total. The second-order valence-corrected chi connectivity index (χ2v) is 6.03. The fourth-order valence-electron chi connectivity index (χ4n) is 2.31. The minimum Gasteiger partial charge on any atom is -0.481 e. The van der Waals surface area contributed by atoms with Crippen LogP contribution in [0.2, 0.25) is 0 Å². The molecule has 0 radical (unpaired) electrons. The fraction of sp³-hybridized carbons (Fsp3) is 0.385. The summed E-state index contributed by atoms with van der Waals surface area (Å²) in [5.74, 6) is -1.36. The molecule has 0 saturated carbocycles. The van der Waals surface area contributed by atoms with Crippen LogP contribution in [0.3, 0.4) is 0 Å². The monoisotopic (exact) mass is 356 g/mol. The summed E-state index contributed by atoms with van der Waals surface area (Å²) in [6, 6.07) is 4.21. The molecule has 1 atom stereocenters. The summed E-state index contributed by atoms with van der Waals surface area (Å²) >= 11 is 3.08. The van der Waals surface area contributed by atoms with E-state index in [1.54, 1.807) is 6.92 Å². The molecule has 0 aromatic heterocycles. The molecule has 1 fully saturated rings. The first-order valence-corrected chi connectivity index (χ1v) is 7.01. The molecule has 1 amide bonds. The number of nitro benzene ring substituents is 1. The Morgan fingerprint density at radius 2 is 2.14 bits per heavy atom. The number of halogens is 1. The third-order valence-electron chi connectivity index (χ3n) is 3.68. The molecule has 0 aliphatic carbocycles. The summed E-state index contributed by atoms with van der Waals surface area (Å²) in [5, 5.41) is 20.1. The van der Waals surface area contributed by atoms with Crippen LogP contribution in [0.1, 0.15) is 23.7 Å². The quantitative estimate of drug-likeness (QED) is 0.661. The van der Waals surface area contributed by atoms with E-state index in [9.17, 15) is 24.8 Å². The van der Waals surface area contributed by atoms with E-state index < -0.39 is 22.2 Å². The van der Waals surface area contributed by atoms with E-state index in [1.807, 2.05) is 0 Å². The van der Waals surface area contributed by atoms with Gasteiger partial charge < -0.3 is 10.0 Å². The van der Waals surface area contributed by atoms with Gasteiger partial charge in [-0.3, -0.25) is 19.7 Å². The number of benzene rings is 1. The molecule has 1 heterocycles. The van der Waals surface area contributed by atoms with E-state index in [-0.39, 0.29) is 22.3 Å². The highest BCUT2D eigenvalue weighted by atomic mass is 79.9. The van der Waals surface area contributed by atoms with E-state index in [0.29, 0.717) is 13.0 Å². The van der Waals surface area contributed by atoms with Crippen molar-refractivity contribution >= 4 is 33.5 Å². The molecular formula is C13H13BrN2O5. The van der Waals surface area contributed by atoms with Gasteiger partial charge in [0.25, 0.3) is 11.6 Å². The number of carbonyl (C=O) groups is 2. The number of rotatable bonds is 3. The molecule has 2 rings (SSSR count). The number of amides is 1. The van der Waals surface area contributed by atoms with Gasteiger partial charge in [0.15, 0.2) is 0 Å². The normalized spacial score (nSPS) is 21.3. The second kappa shape index (κ2) is 5.44. The largest absolute Gasteiger partial charge is 0.481 e. The fourth-order valence-corrected chi connectivity index (χ4v) is 2.88. The number of hydrogen-bond acceptors (Lipinski definition) is 4. The van der Waals surface area contributed by atoms with E-state index in [0.717, 1.165) is 0 Å². The van der Waals surface area contributed by atoms with Crippen molar-refractivity contribution in [1.82, 2.24) is 4.90 Å². The SMILES string of the molecule is CC1(C(=O)O)CCN(C(=O)c2cccc([N+](=O)[O-])c2Br)C1. The average Bonchev–Trinajstić information content (AvgIpc) is 2.82. The van der Waals surface area contributed by atoms with Gasteiger partial charge in [-0.15, -0.1) is 0 Å². The maximum atomic E-state index is 12.4. The van der Waals surface area contributed by atoms with Gasteiger partial charge in [-0.2, -0.15) is 0 Å². The lowest BCUT2D eigenvalue weighted by Crippen LogP contribution is -2.35. The summed E-state index contributed by atoms with van der Waals surface area (Å²) in [5.41, 5.74) is -0.997. The van der Waals surface area contributed by atoms with E-state index in [2.05, 4.69) is 15.9 Å². The number of nitro groups is 1. The third-order valence-corrected chi connectivity index (χ3v) is 4.52. The van der Waals surface area contributed by atoms with Crippen molar-refractivity contribution in [2.24, 2.45) is 5.41 Å². The highest BCUT2D eigenvalue weighted by Crippen LogP contribution is 2.34. The van der Waals surface area contributed by atoms with Crippen molar-refractivity contribution in [3.8, 4) is 0 Å². The van der Waals surface area contributed by atoms with Crippen molar-refractivity contribution in [2.45, 2.75) is 13.3 Å². The third kappa shape index (κ3) is 2.76. The first-order valence-electron chi connectivity index (χ1n) is 6.22. The first-order chi connectivity index (χ1) is 9.76. The van der Waals surface area contributed by atoms with Crippen molar-refractivity contribution in [2.75, 3.05) is 13.1 Å². The lowest BCUT2D eigenvalue weighted by molar-refractivity contribution is -0.385. The standard InChI is InChI=1S/C13H13BrN2O5/c1-13(12(18)19)5-6-15(7-13)11(17)8-3-2-4-9(10(8)14)16(20)21/h2-4H,5-7H2,1H3,(H,18,19). The summed E-state index contributed by atoms with van der Waals surface area (Å²) in [4.78, 5) is 35.4. The predicted molar refractivity (Wildman–Crippen MR) is 77.1 cm³/mol. The van der Waals surface area contributed by atoms with Gasteiger partial charge in [-0.05, 0) is 35.3 Å². The second-order valence-electron chi connectivity index (χ2n) is 5.24. The minimum atomic E-state index is -0.969. The highest BCUT2D eigenvalue weighted by Gasteiger charge is 2.42. The zero-order valence-electron chi connectivity index (χ0n) is 11.2. The average molecular weight is 357 g/mol. The van der Waals surface area contributed by atoms with Crippen LogP contribution in [0, 0.1) is 15.5 Å². The van der Waals surface area contributed by atoms with Crippen LogP contribution in [0.25, 0.3) is 0 Å². The highest BCUT2D eigenvalue weighted by molar-refractivity contribution is 9.10. The number of carboxylic acids is 1. The smallest absolute Gasteiger partial charge is 0.311 e. The molecule has 1 saturated heterocycles. The minimum absolute atomic E-state index is 0.0936. The number of carbonyl (C=O) groups excluding carboxylic acids is 1. The Morgan fingerprint density at radius 3 is 2.67 bits per heavy atom. The van der Waals surface area contributed by atoms with Crippen LogP contribution < -0.4 is 0 Å². The van der Waals surface area contributed by atoms with Gasteiger partial charge in [0.05, 0.1) is 15.9 Å². The van der Waals surface area contributed by atoms with Crippen LogP contribution in [-0.2, 0) is 4.79 Å². The van der Waals surface area contributed by atoms with Gasteiger partial charge >= 0.3 is 5.97 Å². The molecule has 21 heavy (non-hydrogen) atoms. The van der Waals surface area contributed by atoms with Gasteiger partial charge in [0, 0.05) is 19.2 Å². The maximum Gasteiger partial charge on any atom is 0.311 e. The summed E-state index contributed by atoms with van der Waals surface area (Å²) in [7, 11) is 0. The maximum absolute atomic E-state index is 12.4. The Morgan fingerprint density at radius 1 is 1.48 bits per heavy atom. The molecule has 7 nitrogen and oxygen atoms in total. The van der Waals surface area contributed by atoms with Crippen LogP contribution in [0.4, 0.5) is 5.69 Å². The molecule has 0 bridgehead atoms. The molecular weight excluding hydrogens is 344 g/mol. The Kier molecular flexibility index (Phi) is 3.99. The van der Waals surface area contributed by atoms with E-state index >= 15 is 0 Å². The van der Waals surface area contributed by atoms with E-state index in [1.165, 1.54) is 23.1 Å². The molecule has 112 valence electrons. The van der Waals surface area contributed by atoms with Crippen LogP contribution in [0.15, 0.2) is 22.7 Å². The van der Waals surface area contributed by atoms with Crippen molar-refractivity contribution in [3.05, 3.63) is 38.3 Å². The topological polar surface area (TPSA) is 101 Å². The lowest BCUT2D eigenvalue weighted by atomic mass is 9.90. The zero-order valence-corrected chi connectivity index (χ0v) is 12.8. The molecule has 1 aromatic carbocycles. The summed E-state index contributed by atoms with van der Waals surface area (Å²) in [6.45, 7) is 2.00. The molecule has 1 aliphatic rings. The Labute approximate surface area is 128 Å². The Bertz CT molecular complexity index is 633. The molecule has 1 unspecified atom stereocenters. The predicted octanol–water partition coefficient (Wildman–Crippen LogP) is 2.29. The molecule has 1 aromatic rings. The number of carboxylic acid groups (broad SMARTS) is 1. The number of likely N-dealkylation sites (tertiary alicyclic amines) is 1. The Balaban J connectivity index is 2.29. The number of nitrogens with zero attached hydrogens (tertiary/aromatic N) is 2. The summed E-state index contributed by atoms with van der Waals surface area (Å²) < 4.78 is 0.115. The molecule has 0 spiro atoms. The van der Waals surface area contributed by atoms with Gasteiger partial charge in [0.1, 0.15) is 4.47 Å². The number of aliphatic carboxylic acids is 1. The molecule has 1 aliphatic heterocycles. The van der Waals surface area contributed by atoms with Gasteiger partial charge in [0.2, 0.25) is 0 Å². The summed E-state index contributed by atoms with van der Waals surface area (Å²) in [6.07, 6.45) is 0.362. The van der Waals surface area contributed by atoms with Gasteiger partial charge in [-0.1, -0.05) is 6.07 Å². The van der Waals surface area contributed by atoms with Crippen LogP contribution in [0.5, 0.6) is 0 Å². The van der Waals surface area contributed by atoms with E-state index in [4.69, 9.17) is 0 Å². The van der Waals surface area contributed by atoms with Crippen LogP contribution >= 0.6 is 15.9 Å². The first kappa shape index (κ1) is 15.4. The lowest BCUT2D eigenvalue weighted by Gasteiger charge is -2.20. The van der Waals surface area contributed by atoms with Crippen molar-refractivity contribution in [3.63, 3.8) is 0 Å². The van der Waals surface area contributed by atoms with Crippen molar-refractivity contribution in [1.29, 1.82) is 0 Å². The van der Waals surface area contributed by atoms with Crippen molar-refractivity contribution < 1.29 is 19.6 Å². The zero-order chi connectivity index (χ0) is 15.8. The number of hydrogen-bond donors (Lipinski definition) is 1. The Hall–Kier alpha value is -1.96. The van der Waals surface area contributed by atoms with Gasteiger partial charge in [-0.25, -0.2) is 0 Å². The van der Waals surface area contributed by atoms with Crippen LogP contribution in [-0.4, -0.2) is 39.9 Å². The molecule has 8 heteroatoms.